The smallest absolute Gasteiger partial charge is 0.282 e. The van der Waals surface area contributed by atoms with Gasteiger partial charge < -0.3 is 0 Å². The Morgan fingerprint density at radius 2 is 1.83 bits per heavy atom. The summed E-state index contributed by atoms with van der Waals surface area (Å²) in [6, 6.07) is 5.02. The van der Waals surface area contributed by atoms with Crippen LogP contribution in [0.15, 0.2) is 35.4 Å². The highest BCUT2D eigenvalue weighted by molar-refractivity contribution is 7.86. The van der Waals surface area contributed by atoms with Crippen molar-refractivity contribution in [1.29, 1.82) is 0 Å². The van der Waals surface area contributed by atoms with Gasteiger partial charge in [0.05, 0.1) is 0 Å². The van der Waals surface area contributed by atoms with Gasteiger partial charge in [-0.25, -0.2) is 8.78 Å². The molecule has 18 heavy (non-hydrogen) atoms. The van der Waals surface area contributed by atoms with E-state index in [-0.39, 0.29) is 23.2 Å². The second kappa shape index (κ2) is 5.13. The van der Waals surface area contributed by atoms with Crippen LogP contribution in [0.5, 0.6) is 0 Å². The van der Waals surface area contributed by atoms with Crippen LogP contribution < -0.4 is 0 Å². The fourth-order valence-electron chi connectivity index (χ4n) is 1.60. The molecule has 0 saturated carbocycles. The Hall–Kier alpha value is -1.31. The van der Waals surface area contributed by atoms with Gasteiger partial charge >= 0.3 is 0 Å². The number of rotatable bonds is 2. The van der Waals surface area contributed by atoms with Crippen molar-refractivity contribution in [2.75, 3.05) is 0 Å². The van der Waals surface area contributed by atoms with Gasteiger partial charge in [-0.1, -0.05) is 12.1 Å². The zero-order valence-electron chi connectivity index (χ0n) is 8.75. The molecule has 0 fully saturated rings. The number of nitrogens with zero attached hydrogens (tertiary/aromatic N) is 1. The molecule has 4 nitrogen and oxygen atoms in total. The Labute approximate surface area is 108 Å². The summed E-state index contributed by atoms with van der Waals surface area (Å²) in [5.41, 5.74) is -0.506. The first-order valence-corrected chi connectivity index (χ1v) is 5.98. The maximum atomic E-state index is 12.7. The number of hydrogen-bond donors (Lipinski definition) is 1. The van der Waals surface area contributed by atoms with Gasteiger partial charge in [0.1, 0.15) is 10.6 Å². The molecule has 0 aliphatic rings. The molecular weight excluding hydrogens is 288 g/mol. The molecule has 0 unspecified atom stereocenters. The van der Waals surface area contributed by atoms with Crippen molar-refractivity contribution >= 4 is 33.3 Å². The molecule has 0 spiro atoms. The summed E-state index contributed by atoms with van der Waals surface area (Å²) >= 11 is 0. The van der Waals surface area contributed by atoms with E-state index in [1.807, 2.05) is 0 Å². The summed E-state index contributed by atoms with van der Waals surface area (Å²) in [4.78, 5) is 3.10. The zero-order chi connectivity index (χ0) is 12.6. The van der Waals surface area contributed by atoms with Crippen molar-refractivity contribution in [1.82, 2.24) is 4.98 Å². The molecule has 1 N–H and O–H groups in total. The number of pyridine rings is 1. The molecule has 2 aromatic rings. The number of aromatic nitrogens is 1. The van der Waals surface area contributed by atoms with Crippen molar-refractivity contribution in [3.8, 4) is 0 Å². The Kier molecular flexibility index (Phi) is 4.20. The van der Waals surface area contributed by atoms with Crippen LogP contribution in [0.25, 0.3) is 10.8 Å². The van der Waals surface area contributed by atoms with Gasteiger partial charge in [0.15, 0.2) is 0 Å². The molecular formula is C10H8ClF2NO3S. The van der Waals surface area contributed by atoms with Gasteiger partial charge in [0.25, 0.3) is 16.5 Å². The van der Waals surface area contributed by atoms with Crippen LogP contribution in [0.1, 0.15) is 12.1 Å². The van der Waals surface area contributed by atoms with Crippen LogP contribution in [0.3, 0.4) is 0 Å². The third-order valence-corrected chi connectivity index (χ3v) is 3.19. The predicted octanol–water partition coefficient (Wildman–Crippen LogP) is 2.84. The van der Waals surface area contributed by atoms with E-state index in [0.717, 1.165) is 12.3 Å². The molecule has 0 atom stereocenters. The van der Waals surface area contributed by atoms with Gasteiger partial charge in [-0.15, -0.1) is 12.4 Å². The average molecular weight is 296 g/mol. The lowest BCUT2D eigenvalue weighted by Crippen LogP contribution is -2.00. The van der Waals surface area contributed by atoms with Crippen LogP contribution in [0, 0.1) is 0 Å². The SMILES string of the molecule is Cl.O=S(=O)(O)c1cccc2c(C(F)F)nccc12. The van der Waals surface area contributed by atoms with Gasteiger partial charge in [0.2, 0.25) is 0 Å². The van der Waals surface area contributed by atoms with Crippen LogP contribution >= 0.6 is 12.4 Å². The van der Waals surface area contributed by atoms with Crippen molar-refractivity contribution in [3.05, 3.63) is 36.2 Å². The molecule has 0 aliphatic carbocycles. The van der Waals surface area contributed by atoms with Crippen LogP contribution in [-0.4, -0.2) is 18.0 Å². The first kappa shape index (κ1) is 14.7. The van der Waals surface area contributed by atoms with Gasteiger partial charge in [0, 0.05) is 17.0 Å². The molecule has 1 aromatic carbocycles. The van der Waals surface area contributed by atoms with Crippen molar-refractivity contribution < 1.29 is 21.8 Å². The molecule has 0 amide bonds. The highest BCUT2D eigenvalue weighted by Gasteiger charge is 2.18. The Morgan fingerprint density at radius 1 is 1.17 bits per heavy atom. The number of hydrogen-bond acceptors (Lipinski definition) is 3. The van der Waals surface area contributed by atoms with Gasteiger partial charge in [-0.2, -0.15) is 8.42 Å². The molecule has 8 heteroatoms. The van der Waals surface area contributed by atoms with E-state index in [2.05, 4.69) is 4.98 Å². The highest BCUT2D eigenvalue weighted by Crippen LogP contribution is 2.29. The van der Waals surface area contributed by atoms with Crippen LogP contribution in [-0.2, 0) is 10.1 Å². The highest BCUT2D eigenvalue weighted by atomic mass is 35.5. The largest absolute Gasteiger partial charge is 0.295 e. The normalized spacial score (nSPS) is 11.6. The Morgan fingerprint density at radius 3 is 2.39 bits per heavy atom. The molecule has 2 rings (SSSR count). The van der Waals surface area contributed by atoms with E-state index in [1.165, 1.54) is 18.2 Å². The van der Waals surface area contributed by atoms with E-state index in [1.54, 1.807) is 0 Å². The van der Waals surface area contributed by atoms with Gasteiger partial charge in [-0.05, 0) is 12.1 Å². The summed E-state index contributed by atoms with van der Waals surface area (Å²) in [5, 5.41) is 0.0397. The van der Waals surface area contributed by atoms with E-state index in [0.29, 0.717) is 0 Å². The fraction of sp³-hybridized carbons (Fsp3) is 0.100. The Bertz CT molecular complexity index is 676. The maximum Gasteiger partial charge on any atom is 0.295 e. The molecule has 0 aliphatic heterocycles. The Balaban J connectivity index is 0.00000162. The molecule has 0 saturated heterocycles. The first-order chi connectivity index (χ1) is 7.91. The quantitative estimate of drug-likeness (QED) is 0.865. The maximum absolute atomic E-state index is 12.7. The third-order valence-electron chi connectivity index (χ3n) is 2.28. The molecule has 98 valence electrons. The zero-order valence-corrected chi connectivity index (χ0v) is 10.4. The summed E-state index contributed by atoms with van der Waals surface area (Å²) in [6.07, 6.45) is -1.73. The van der Waals surface area contributed by atoms with Crippen molar-refractivity contribution in [2.24, 2.45) is 0 Å². The first-order valence-electron chi connectivity index (χ1n) is 4.54. The standard InChI is InChI=1S/C10H7F2NO3S.ClH/c11-10(12)9-7-2-1-3-8(17(14,15)16)6(7)4-5-13-9;/h1-5,10H,(H,14,15,16);1H. The number of fused-ring (bicyclic) bond motifs is 1. The monoisotopic (exact) mass is 295 g/mol. The second-order valence-electron chi connectivity index (χ2n) is 3.32. The number of halogens is 3. The minimum Gasteiger partial charge on any atom is -0.282 e. The van der Waals surface area contributed by atoms with E-state index in [9.17, 15) is 17.2 Å². The van der Waals surface area contributed by atoms with Crippen molar-refractivity contribution in [2.45, 2.75) is 11.3 Å². The third kappa shape index (κ3) is 2.58. The summed E-state index contributed by atoms with van der Waals surface area (Å²) < 4.78 is 56.4. The number of alkyl halides is 2. The lowest BCUT2D eigenvalue weighted by molar-refractivity contribution is 0.148. The lowest BCUT2D eigenvalue weighted by atomic mass is 10.1. The molecule has 1 aromatic heterocycles. The second-order valence-corrected chi connectivity index (χ2v) is 4.71. The van der Waals surface area contributed by atoms with Crippen LogP contribution in [0.2, 0.25) is 0 Å². The minimum atomic E-state index is -4.44. The minimum absolute atomic E-state index is 0. The van der Waals surface area contributed by atoms with E-state index >= 15 is 0 Å². The van der Waals surface area contributed by atoms with Crippen LogP contribution in [0.4, 0.5) is 8.78 Å². The number of benzene rings is 1. The molecule has 0 bridgehead atoms. The van der Waals surface area contributed by atoms with Crippen molar-refractivity contribution in [3.63, 3.8) is 0 Å². The predicted molar refractivity (Wildman–Crippen MR) is 63.8 cm³/mol. The van der Waals surface area contributed by atoms with Gasteiger partial charge in [-0.3, -0.25) is 9.54 Å². The lowest BCUT2D eigenvalue weighted by Gasteiger charge is -2.07. The fourth-order valence-corrected chi connectivity index (χ4v) is 2.31. The van der Waals surface area contributed by atoms with E-state index in [4.69, 9.17) is 4.55 Å². The topological polar surface area (TPSA) is 67.3 Å². The average Bonchev–Trinajstić information content (AvgIpc) is 2.26. The molecule has 1 heterocycles. The summed E-state index contributed by atoms with van der Waals surface area (Å²) in [7, 11) is -4.44. The molecule has 0 radical (unpaired) electrons. The van der Waals surface area contributed by atoms with E-state index < -0.39 is 27.1 Å². The summed E-state index contributed by atoms with van der Waals surface area (Å²) in [6.45, 7) is 0. The summed E-state index contributed by atoms with van der Waals surface area (Å²) in [5.74, 6) is 0.